The molecule has 1 aromatic rings. The number of hydrogen-bond acceptors (Lipinski definition) is 3. The molecule has 3 rings (SSSR count). The highest BCUT2D eigenvalue weighted by molar-refractivity contribution is 5.96. The number of nitrogens with zero attached hydrogens (tertiary/aromatic N) is 2. The fraction of sp³-hybridized carbons (Fsp3) is 0.619. The molecule has 0 spiro atoms. The molecule has 1 aromatic carbocycles. The maximum absolute atomic E-state index is 12.7. The van der Waals surface area contributed by atoms with Gasteiger partial charge in [-0.05, 0) is 62.3 Å². The summed E-state index contributed by atoms with van der Waals surface area (Å²) in [7, 11) is 1.78. The zero-order valence-corrected chi connectivity index (χ0v) is 16.7. The predicted molar refractivity (Wildman–Crippen MR) is 106 cm³/mol. The van der Waals surface area contributed by atoms with Crippen molar-refractivity contribution >= 4 is 17.6 Å². The van der Waals surface area contributed by atoms with E-state index >= 15 is 0 Å². The van der Waals surface area contributed by atoms with E-state index in [2.05, 4.69) is 12.2 Å². The third-order valence-electron chi connectivity index (χ3n) is 5.63. The molecule has 6 nitrogen and oxygen atoms in total. The average Bonchev–Trinajstić information content (AvgIpc) is 3.16. The van der Waals surface area contributed by atoms with Gasteiger partial charge >= 0.3 is 6.03 Å². The van der Waals surface area contributed by atoms with Crippen LogP contribution in [0, 0.1) is 12.8 Å². The Balaban J connectivity index is 1.58. The summed E-state index contributed by atoms with van der Waals surface area (Å²) in [6.45, 7) is 7.18. The van der Waals surface area contributed by atoms with Crippen LogP contribution in [0.1, 0.15) is 48.5 Å². The minimum Gasteiger partial charge on any atom is -0.376 e. The number of urea groups is 1. The number of hydrogen-bond donors (Lipinski definition) is 1. The van der Waals surface area contributed by atoms with Gasteiger partial charge in [-0.1, -0.05) is 6.92 Å². The van der Waals surface area contributed by atoms with Gasteiger partial charge in [0.2, 0.25) is 0 Å². The van der Waals surface area contributed by atoms with Gasteiger partial charge in [-0.3, -0.25) is 4.79 Å². The number of amides is 3. The van der Waals surface area contributed by atoms with E-state index in [4.69, 9.17) is 4.74 Å². The van der Waals surface area contributed by atoms with Crippen LogP contribution < -0.4 is 5.32 Å². The standard InChI is InChI=1S/C21H31N3O3/c1-15-8-10-24(11-9-15)20(25)17-6-7-19(16(2)13-17)22-21(26)23(3)14-18-5-4-12-27-18/h6-7,13,15,18H,4-5,8-12,14H2,1-3H3,(H,22,26). The van der Waals surface area contributed by atoms with Crippen molar-refractivity contribution in [3.05, 3.63) is 29.3 Å². The number of anilines is 1. The summed E-state index contributed by atoms with van der Waals surface area (Å²) in [5, 5.41) is 2.94. The molecule has 0 saturated carbocycles. The van der Waals surface area contributed by atoms with Gasteiger partial charge in [-0.15, -0.1) is 0 Å². The summed E-state index contributed by atoms with van der Waals surface area (Å²) in [5.74, 6) is 0.776. The fourth-order valence-electron chi connectivity index (χ4n) is 3.72. The summed E-state index contributed by atoms with van der Waals surface area (Å²) in [5.41, 5.74) is 2.32. The fourth-order valence-corrected chi connectivity index (χ4v) is 3.72. The summed E-state index contributed by atoms with van der Waals surface area (Å²) >= 11 is 0. The van der Waals surface area contributed by atoms with Gasteiger partial charge in [-0.25, -0.2) is 4.79 Å². The Labute approximate surface area is 161 Å². The molecule has 2 aliphatic rings. The highest BCUT2D eigenvalue weighted by atomic mass is 16.5. The van der Waals surface area contributed by atoms with E-state index < -0.39 is 0 Å². The molecule has 2 heterocycles. The van der Waals surface area contributed by atoms with Crippen molar-refractivity contribution in [2.24, 2.45) is 5.92 Å². The van der Waals surface area contributed by atoms with Gasteiger partial charge < -0.3 is 19.9 Å². The Morgan fingerprint density at radius 2 is 2.00 bits per heavy atom. The Morgan fingerprint density at radius 1 is 1.26 bits per heavy atom. The maximum atomic E-state index is 12.7. The van der Waals surface area contributed by atoms with Crippen molar-refractivity contribution in [2.45, 2.75) is 45.6 Å². The van der Waals surface area contributed by atoms with Crippen LogP contribution in [0.2, 0.25) is 0 Å². The van der Waals surface area contributed by atoms with Crippen molar-refractivity contribution in [3.8, 4) is 0 Å². The van der Waals surface area contributed by atoms with Crippen molar-refractivity contribution in [1.82, 2.24) is 9.80 Å². The van der Waals surface area contributed by atoms with Crippen LogP contribution in [0.5, 0.6) is 0 Å². The van der Waals surface area contributed by atoms with Gasteiger partial charge in [0.1, 0.15) is 0 Å². The van der Waals surface area contributed by atoms with Crippen LogP contribution in [0.4, 0.5) is 10.5 Å². The van der Waals surface area contributed by atoms with Crippen molar-refractivity contribution in [3.63, 3.8) is 0 Å². The second-order valence-electron chi connectivity index (χ2n) is 7.95. The number of carbonyl (C=O) groups is 2. The second-order valence-corrected chi connectivity index (χ2v) is 7.95. The molecule has 1 N–H and O–H groups in total. The number of aryl methyl sites for hydroxylation is 1. The lowest BCUT2D eigenvalue weighted by molar-refractivity contribution is 0.0697. The van der Waals surface area contributed by atoms with Gasteiger partial charge in [0.25, 0.3) is 5.91 Å². The molecule has 0 aromatic heterocycles. The number of ether oxygens (including phenoxy) is 1. The summed E-state index contributed by atoms with van der Waals surface area (Å²) in [4.78, 5) is 28.7. The average molecular weight is 373 g/mol. The SMILES string of the molecule is Cc1cc(C(=O)N2CCC(C)CC2)ccc1NC(=O)N(C)CC1CCCO1. The second kappa shape index (κ2) is 8.74. The molecule has 2 fully saturated rings. The van der Waals surface area contributed by atoms with Crippen molar-refractivity contribution in [2.75, 3.05) is 38.6 Å². The summed E-state index contributed by atoms with van der Waals surface area (Å²) in [6, 6.07) is 5.35. The number of likely N-dealkylation sites (N-methyl/N-ethyl adjacent to an activating group) is 1. The molecule has 27 heavy (non-hydrogen) atoms. The third-order valence-corrected chi connectivity index (χ3v) is 5.63. The molecule has 3 amide bonds. The van der Waals surface area contributed by atoms with Crippen LogP contribution in [0.25, 0.3) is 0 Å². The quantitative estimate of drug-likeness (QED) is 0.878. The van der Waals surface area contributed by atoms with Crippen LogP contribution in [0.15, 0.2) is 18.2 Å². The van der Waals surface area contributed by atoms with E-state index in [1.807, 2.05) is 30.0 Å². The molecule has 6 heteroatoms. The molecule has 0 radical (unpaired) electrons. The molecular weight excluding hydrogens is 342 g/mol. The Kier molecular flexibility index (Phi) is 6.37. The first-order valence-electron chi connectivity index (χ1n) is 9.97. The highest BCUT2D eigenvalue weighted by Crippen LogP contribution is 2.22. The van der Waals surface area contributed by atoms with Crippen LogP contribution >= 0.6 is 0 Å². The number of benzene rings is 1. The Bertz CT molecular complexity index is 677. The van der Waals surface area contributed by atoms with Gasteiger partial charge in [0.15, 0.2) is 0 Å². The first kappa shape index (κ1) is 19.7. The molecule has 148 valence electrons. The topological polar surface area (TPSA) is 61.9 Å². The summed E-state index contributed by atoms with van der Waals surface area (Å²) < 4.78 is 5.59. The predicted octanol–water partition coefficient (Wildman–Crippen LogP) is 3.51. The highest BCUT2D eigenvalue weighted by Gasteiger charge is 2.23. The first-order chi connectivity index (χ1) is 12.9. The summed E-state index contributed by atoms with van der Waals surface area (Å²) in [6.07, 6.45) is 4.33. The van der Waals surface area contributed by atoms with E-state index in [1.165, 1.54) is 0 Å². The van der Waals surface area contributed by atoms with E-state index in [1.54, 1.807) is 11.9 Å². The number of piperidine rings is 1. The number of rotatable bonds is 4. The first-order valence-corrected chi connectivity index (χ1v) is 9.97. The Hall–Kier alpha value is -2.08. The molecule has 1 unspecified atom stereocenters. The molecule has 0 aliphatic carbocycles. The van der Waals surface area contributed by atoms with E-state index in [0.717, 1.165) is 56.6 Å². The smallest absolute Gasteiger partial charge is 0.321 e. The zero-order valence-electron chi connectivity index (χ0n) is 16.7. The van der Waals surface area contributed by atoms with Gasteiger partial charge in [-0.2, -0.15) is 0 Å². The van der Waals surface area contributed by atoms with Gasteiger partial charge in [0.05, 0.1) is 6.10 Å². The van der Waals surface area contributed by atoms with E-state index in [9.17, 15) is 9.59 Å². The van der Waals surface area contributed by atoms with E-state index in [-0.39, 0.29) is 18.0 Å². The van der Waals surface area contributed by atoms with Crippen LogP contribution in [0.3, 0.4) is 0 Å². The molecule has 0 bridgehead atoms. The van der Waals surface area contributed by atoms with Crippen molar-refractivity contribution in [1.29, 1.82) is 0 Å². The number of carbonyl (C=O) groups excluding carboxylic acids is 2. The molecular formula is C21H31N3O3. The lowest BCUT2D eigenvalue weighted by Crippen LogP contribution is -2.38. The maximum Gasteiger partial charge on any atom is 0.321 e. The van der Waals surface area contributed by atoms with Crippen LogP contribution in [-0.4, -0.2) is 61.1 Å². The normalized spacial score (nSPS) is 20.6. The number of likely N-dealkylation sites (tertiary alicyclic amines) is 1. The molecule has 2 saturated heterocycles. The molecule has 2 aliphatic heterocycles. The zero-order chi connectivity index (χ0) is 19.4. The van der Waals surface area contributed by atoms with E-state index in [0.29, 0.717) is 18.0 Å². The lowest BCUT2D eigenvalue weighted by atomic mass is 9.98. The monoisotopic (exact) mass is 373 g/mol. The third kappa shape index (κ3) is 5.01. The minimum atomic E-state index is -0.155. The number of nitrogens with one attached hydrogen (secondary N) is 1. The molecule has 1 atom stereocenters. The minimum absolute atomic E-state index is 0.0818. The Morgan fingerprint density at radius 3 is 2.63 bits per heavy atom. The largest absolute Gasteiger partial charge is 0.376 e. The van der Waals surface area contributed by atoms with Crippen LogP contribution in [-0.2, 0) is 4.74 Å². The lowest BCUT2D eigenvalue weighted by Gasteiger charge is -2.30. The van der Waals surface area contributed by atoms with Crippen molar-refractivity contribution < 1.29 is 14.3 Å². The van der Waals surface area contributed by atoms with Gasteiger partial charge in [0, 0.05) is 44.5 Å².